The van der Waals surface area contributed by atoms with Crippen molar-refractivity contribution in [2.45, 2.75) is 6.92 Å². The third-order valence-electron chi connectivity index (χ3n) is 3.18. The fourth-order valence-corrected chi connectivity index (χ4v) is 2.09. The molecule has 6 nitrogen and oxygen atoms in total. The molecule has 21 heavy (non-hydrogen) atoms. The largest absolute Gasteiger partial charge is 0.492 e. The highest BCUT2D eigenvalue weighted by atomic mass is 16.5. The van der Waals surface area contributed by atoms with E-state index in [1.54, 1.807) is 25.1 Å². The molecule has 112 valence electrons. The number of hydrogen-bond acceptors (Lipinski definition) is 4. The average molecular weight is 290 g/mol. The van der Waals surface area contributed by atoms with Gasteiger partial charge in [0.2, 0.25) is 5.43 Å². The first-order chi connectivity index (χ1) is 9.90. The lowest BCUT2D eigenvalue weighted by molar-refractivity contribution is 0.0694. The van der Waals surface area contributed by atoms with Gasteiger partial charge in [0.05, 0.1) is 5.52 Å². The van der Waals surface area contributed by atoms with E-state index in [1.807, 2.05) is 19.0 Å². The summed E-state index contributed by atoms with van der Waals surface area (Å²) in [6, 6.07) is 4.98. The normalized spacial score (nSPS) is 11.0. The number of likely N-dealkylation sites (N-methyl/N-ethyl adjacent to an activating group) is 1. The quantitative estimate of drug-likeness (QED) is 0.871. The van der Waals surface area contributed by atoms with E-state index in [9.17, 15) is 9.59 Å². The zero-order valence-electron chi connectivity index (χ0n) is 12.3. The van der Waals surface area contributed by atoms with Crippen LogP contribution in [0.2, 0.25) is 0 Å². The second kappa shape index (κ2) is 5.97. The SMILES string of the molecule is Cc1[nH]c2cc(OCCN(C)C)ccc2c(=O)c1C(=O)O. The predicted octanol–water partition coefficient (Wildman–Crippen LogP) is 1.48. The predicted molar refractivity (Wildman–Crippen MR) is 80.3 cm³/mol. The number of aromatic nitrogens is 1. The maximum atomic E-state index is 12.2. The number of nitrogens with zero attached hydrogens (tertiary/aromatic N) is 1. The van der Waals surface area contributed by atoms with E-state index in [1.165, 1.54) is 0 Å². The Morgan fingerprint density at radius 2 is 2.10 bits per heavy atom. The minimum Gasteiger partial charge on any atom is -0.492 e. The molecule has 1 aromatic carbocycles. The van der Waals surface area contributed by atoms with Crippen molar-refractivity contribution in [2.75, 3.05) is 27.2 Å². The Kier molecular flexibility index (Phi) is 4.28. The number of carboxylic acid groups (broad SMARTS) is 1. The van der Waals surface area contributed by atoms with E-state index in [0.717, 1.165) is 6.54 Å². The number of carboxylic acids is 1. The number of aromatic amines is 1. The minimum absolute atomic E-state index is 0.219. The Morgan fingerprint density at radius 3 is 2.71 bits per heavy atom. The molecule has 0 spiro atoms. The van der Waals surface area contributed by atoms with Gasteiger partial charge in [-0.25, -0.2) is 4.79 Å². The Morgan fingerprint density at radius 1 is 1.38 bits per heavy atom. The standard InChI is InChI=1S/C15H18N2O4/c1-9-13(15(19)20)14(18)11-5-4-10(8-12(11)16-9)21-7-6-17(2)3/h4-5,8H,6-7H2,1-3H3,(H,16,18)(H,19,20). The Bertz CT molecular complexity index is 734. The van der Waals surface area contributed by atoms with E-state index >= 15 is 0 Å². The van der Waals surface area contributed by atoms with Gasteiger partial charge in [0.15, 0.2) is 0 Å². The Hall–Kier alpha value is -2.34. The molecule has 0 saturated carbocycles. The molecule has 0 aliphatic carbocycles. The van der Waals surface area contributed by atoms with Crippen LogP contribution in [0.25, 0.3) is 10.9 Å². The van der Waals surface area contributed by atoms with Crippen LogP contribution in [0.3, 0.4) is 0 Å². The molecule has 0 amide bonds. The van der Waals surface area contributed by atoms with Crippen molar-refractivity contribution in [3.8, 4) is 5.75 Å². The zero-order chi connectivity index (χ0) is 15.6. The van der Waals surface area contributed by atoms with Crippen LogP contribution in [0.15, 0.2) is 23.0 Å². The third kappa shape index (κ3) is 3.22. The van der Waals surface area contributed by atoms with Gasteiger partial charge < -0.3 is 19.7 Å². The molecule has 1 aromatic heterocycles. The molecule has 0 radical (unpaired) electrons. The fourth-order valence-electron chi connectivity index (χ4n) is 2.09. The van der Waals surface area contributed by atoms with Crippen molar-refractivity contribution in [3.63, 3.8) is 0 Å². The number of benzene rings is 1. The van der Waals surface area contributed by atoms with Crippen LogP contribution >= 0.6 is 0 Å². The van der Waals surface area contributed by atoms with Gasteiger partial charge in [-0.3, -0.25) is 4.79 Å². The molecule has 0 saturated heterocycles. The Balaban J connectivity index is 2.39. The number of hydrogen-bond donors (Lipinski definition) is 2. The van der Waals surface area contributed by atoms with Gasteiger partial charge in [0, 0.05) is 23.7 Å². The van der Waals surface area contributed by atoms with E-state index in [0.29, 0.717) is 29.0 Å². The first kappa shape index (κ1) is 15.1. The van der Waals surface area contributed by atoms with Gasteiger partial charge in [-0.1, -0.05) is 0 Å². The smallest absolute Gasteiger partial charge is 0.341 e. The van der Waals surface area contributed by atoms with Crippen LogP contribution in [0, 0.1) is 6.92 Å². The van der Waals surface area contributed by atoms with Crippen molar-refractivity contribution >= 4 is 16.9 Å². The number of rotatable bonds is 5. The lowest BCUT2D eigenvalue weighted by atomic mass is 10.1. The van der Waals surface area contributed by atoms with Crippen molar-refractivity contribution in [1.82, 2.24) is 9.88 Å². The maximum Gasteiger partial charge on any atom is 0.341 e. The van der Waals surface area contributed by atoms with Crippen molar-refractivity contribution in [3.05, 3.63) is 39.7 Å². The average Bonchev–Trinajstić information content (AvgIpc) is 2.37. The number of fused-ring (bicyclic) bond motifs is 1. The first-order valence-electron chi connectivity index (χ1n) is 6.57. The molecule has 2 rings (SSSR count). The van der Waals surface area contributed by atoms with Gasteiger partial charge in [-0.2, -0.15) is 0 Å². The van der Waals surface area contributed by atoms with Crippen LogP contribution in [-0.4, -0.2) is 48.2 Å². The van der Waals surface area contributed by atoms with Gasteiger partial charge in [-0.15, -0.1) is 0 Å². The second-order valence-electron chi connectivity index (χ2n) is 5.12. The van der Waals surface area contributed by atoms with Crippen molar-refractivity contribution < 1.29 is 14.6 Å². The molecule has 2 N–H and O–H groups in total. The lowest BCUT2D eigenvalue weighted by Gasteiger charge is -2.12. The number of ether oxygens (including phenoxy) is 1. The molecular weight excluding hydrogens is 272 g/mol. The van der Waals surface area contributed by atoms with Gasteiger partial charge >= 0.3 is 5.97 Å². The number of H-pyrrole nitrogens is 1. The lowest BCUT2D eigenvalue weighted by Crippen LogP contribution is -2.20. The summed E-state index contributed by atoms with van der Waals surface area (Å²) >= 11 is 0. The fraction of sp³-hybridized carbons (Fsp3) is 0.333. The summed E-state index contributed by atoms with van der Waals surface area (Å²) in [5, 5.41) is 9.42. The summed E-state index contributed by atoms with van der Waals surface area (Å²) in [5.41, 5.74) is 0.215. The van der Waals surface area contributed by atoms with Crippen LogP contribution in [0.5, 0.6) is 5.75 Å². The van der Waals surface area contributed by atoms with E-state index in [-0.39, 0.29) is 5.56 Å². The topological polar surface area (TPSA) is 82.6 Å². The highest BCUT2D eigenvalue weighted by Crippen LogP contribution is 2.18. The number of nitrogens with one attached hydrogen (secondary N) is 1. The third-order valence-corrected chi connectivity index (χ3v) is 3.18. The van der Waals surface area contributed by atoms with Crippen molar-refractivity contribution in [2.24, 2.45) is 0 Å². The Labute approximate surface area is 122 Å². The number of aromatic carboxylic acids is 1. The second-order valence-corrected chi connectivity index (χ2v) is 5.12. The number of aryl methyl sites for hydroxylation is 1. The summed E-state index contributed by atoms with van der Waals surface area (Å²) in [6.07, 6.45) is 0. The molecule has 0 fully saturated rings. The summed E-state index contributed by atoms with van der Waals surface area (Å²) in [7, 11) is 3.91. The molecule has 0 unspecified atom stereocenters. The summed E-state index contributed by atoms with van der Waals surface area (Å²) in [5.74, 6) is -0.579. The van der Waals surface area contributed by atoms with Crippen LogP contribution in [0.1, 0.15) is 16.1 Å². The highest BCUT2D eigenvalue weighted by molar-refractivity contribution is 5.94. The van der Waals surface area contributed by atoms with Gasteiger partial charge in [0.1, 0.15) is 17.9 Å². The van der Waals surface area contributed by atoms with E-state index in [2.05, 4.69) is 4.98 Å². The zero-order valence-corrected chi connectivity index (χ0v) is 12.3. The first-order valence-corrected chi connectivity index (χ1v) is 6.57. The molecule has 0 bridgehead atoms. The molecular formula is C15H18N2O4. The van der Waals surface area contributed by atoms with Gasteiger partial charge in [-0.05, 0) is 33.2 Å². The summed E-state index contributed by atoms with van der Waals surface area (Å²) < 4.78 is 5.60. The number of pyridine rings is 1. The van der Waals surface area contributed by atoms with E-state index < -0.39 is 11.4 Å². The molecule has 6 heteroatoms. The minimum atomic E-state index is -1.22. The summed E-state index contributed by atoms with van der Waals surface area (Å²) in [6.45, 7) is 2.89. The van der Waals surface area contributed by atoms with Crippen LogP contribution in [0.4, 0.5) is 0 Å². The number of carbonyl (C=O) groups is 1. The van der Waals surface area contributed by atoms with Gasteiger partial charge in [0.25, 0.3) is 0 Å². The molecule has 0 atom stereocenters. The van der Waals surface area contributed by atoms with Crippen molar-refractivity contribution in [1.29, 1.82) is 0 Å². The van der Waals surface area contributed by atoms with Crippen LogP contribution < -0.4 is 10.2 Å². The summed E-state index contributed by atoms with van der Waals surface area (Å²) in [4.78, 5) is 28.2. The van der Waals surface area contributed by atoms with E-state index in [4.69, 9.17) is 9.84 Å². The monoisotopic (exact) mass is 290 g/mol. The molecule has 2 aromatic rings. The molecule has 0 aliphatic heterocycles. The van der Waals surface area contributed by atoms with Crippen LogP contribution in [-0.2, 0) is 0 Å². The molecule has 0 aliphatic rings. The molecule has 1 heterocycles. The highest BCUT2D eigenvalue weighted by Gasteiger charge is 2.15. The maximum absolute atomic E-state index is 12.2.